The summed E-state index contributed by atoms with van der Waals surface area (Å²) in [5, 5.41) is 4.66. The molecule has 0 aliphatic carbocycles. The van der Waals surface area contributed by atoms with E-state index in [4.69, 9.17) is 0 Å². The molecule has 0 spiro atoms. The Bertz CT molecular complexity index is 585. The minimum atomic E-state index is -0.549. The Hall–Kier alpha value is -1.69. The second-order valence-corrected chi connectivity index (χ2v) is 3.90. The fourth-order valence-corrected chi connectivity index (χ4v) is 2.13. The largest absolute Gasteiger partial charge is 0.464 e. The molecular formula is C9H9N2O3S+. The normalized spacial score (nSPS) is 10.5. The Balaban J connectivity index is 2.76. The summed E-state index contributed by atoms with van der Waals surface area (Å²) in [5.41, 5.74) is 0.839. The second-order valence-electron chi connectivity index (χ2n) is 3.04. The molecule has 0 amide bonds. The fraction of sp³-hybridized carbons (Fsp3) is 0.222. The lowest BCUT2D eigenvalue weighted by molar-refractivity contribution is -0.584. The lowest BCUT2D eigenvalue weighted by Gasteiger charge is -1.95. The van der Waals surface area contributed by atoms with E-state index in [0.29, 0.717) is 4.83 Å². The molecule has 0 bridgehead atoms. The van der Waals surface area contributed by atoms with Crippen LogP contribution in [0.5, 0.6) is 0 Å². The molecule has 15 heavy (non-hydrogen) atoms. The Kier molecular flexibility index (Phi) is 2.28. The van der Waals surface area contributed by atoms with Gasteiger partial charge < -0.3 is 4.74 Å². The number of aromatic nitrogens is 2. The molecule has 0 atom stereocenters. The maximum atomic E-state index is 11.6. The van der Waals surface area contributed by atoms with Crippen LogP contribution < -0.4 is 9.94 Å². The Morgan fingerprint density at radius 1 is 1.60 bits per heavy atom. The highest BCUT2D eigenvalue weighted by Crippen LogP contribution is 2.03. The first-order valence-corrected chi connectivity index (χ1v) is 5.13. The van der Waals surface area contributed by atoms with Gasteiger partial charge in [-0.2, -0.15) is 5.10 Å². The lowest BCUT2D eigenvalue weighted by atomic mass is 10.4. The Labute approximate surface area is 88.9 Å². The maximum absolute atomic E-state index is 11.6. The molecule has 2 aromatic rings. The molecule has 2 heterocycles. The first-order chi connectivity index (χ1) is 7.13. The first-order valence-electron chi connectivity index (χ1n) is 4.25. The third kappa shape index (κ3) is 1.52. The minimum Gasteiger partial charge on any atom is -0.464 e. The molecule has 0 radical (unpaired) electrons. The summed E-state index contributed by atoms with van der Waals surface area (Å²) in [6.45, 7) is 1.85. The van der Waals surface area contributed by atoms with Gasteiger partial charge in [0.05, 0.1) is 12.5 Å². The van der Waals surface area contributed by atoms with Crippen LogP contribution in [0.25, 0.3) is 4.83 Å². The summed E-state index contributed by atoms with van der Waals surface area (Å²) < 4.78 is 6.12. The summed E-state index contributed by atoms with van der Waals surface area (Å²) in [5.74, 6) is -0.549. The number of H-pyrrole nitrogens is 1. The average Bonchev–Trinajstić information content (AvgIpc) is 2.60. The van der Waals surface area contributed by atoms with Crippen LogP contribution in [0.3, 0.4) is 0 Å². The van der Waals surface area contributed by atoms with Crippen molar-refractivity contribution >= 4 is 22.1 Å². The van der Waals surface area contributed by atoms with Gasteiger partial charge >= 0.3 is 10.8 Å². The van der Waals surface area contributed by atoms with Gasteiger partial charge in [0.25, 0.3) is 5.43 Å². The topological polar surface area (TPSA) is 63.3 Å². The number of thiazole rings is 1. The van der Waals surface area contributed by atoms with E-state index in [9.17, 15) is 9.59 Å². The van der Waals surface area contributed by atoms with Crippen molar-refractivity contribution in [1.29, 1.82) is 0 Å². The van der Waals surface area contributed by atoms with E-state index in [2.05, 4.69) is 9.84 Å². The van der Waals surface area contributed by atoms with Gasteiger partial charge in [0.1, 0.15) is 0 Å². The second kappa shape index (κ2) is 3.47. The number of methoxy groups -OCH3 is 1. The van der Waals surface area contributed by atoms with Crippen LogP contribution in [0.1, 0.15) is 16.2 Å². The molecule has 6 heteroatoms. The molecule has 0 aliphatic heterocycles. The zero-order valence-electron chi connectivity index (χ0n) is 8.23. The van der Waals surface area contributed by atoms with Crippen molar-refractivity contribution in [1.82, 2.24) is 5.10 Å². The summed E-state index contributed by atoms with van der Waals surface area (Å²) >= 11 is 1.34. The molecule has 0 aliphatic rings. The fourth-order valence-electron chi connectivity index (χ4n) is 1.27. The molecule has 0 unspecified atom stereocenters. The van der Waals surface area contributed by atoms with Gasteiger partial charge in [-0.15, -0.1) is 0 Å². The highest BCUT2D eigenvalue weighted by molar-refractivity contribution is 7.15. The van der Waals surface area contributed by atoms with E-state index in [1.165, 1.54) is 24.5 Å². The Morgan fingerprint density at radius 3 is 3.00 bits per heavy atom. The van der Waals surface area contributed by atoms with Crippen molar-refractivity contribution in [3.63, 3.8) is 0 Å². The molecule has 0 aromatic carbocycles. The number of aryl methyl sites for hydroxylation is 1. The number of hydrogen-bond donors (Lipinski definition) is 1. The van der Waals surface area contributed by atoms with Crippen LogP contribution in [0.15, 0.2) is 16.2 Å². The molecule has 0 saturated heterocycles. The van der Waals surface area contributed by atoms with Gasteiger partial charge in [0.2, 0.25) is 5.69 Å². The molecule has 78 valence electrons. The predicted octanol–water partition coefficient (Wildman–Crippen LogP) is 0.270. The predicted molar refractivity (Wildman–Crippen MR) is 54.2 cm³/mol. The highest BCUT2D eigenvalue weighted by Gasteiger charge is 2.18. The molecule has 0 fully saturated rings. The van der Waals surface area contributed by atoms with Gasteiger partial charge in [-0.1, -0.05) is 15.9 Å². The van der Waals surface area contributed by atoms with Gasteiger partial charge in [-0.25, -0.2) is 4.79 Å². The Morgan fingerprint density at radius 2 is 2.33 bits per heavy atom. The van der Waals surface area contributed by atoms with Crippen molar-refractivity contribution in [2.75, 3.05) is 7.11 Å². The number of aromatic amines is 1. The van der Waals surface area contributed by atoms with E-state index < -0.39 is 5.97 Å². The summed E-state index contributed by atoms with van der Waals surface area (Å²) in [6, 6.07) is 1.25. The zero-order valence-corrected chi connectivity index (χ0v) is 9.05. The van der Waals surface area contributed by atoms with Crippen LogP contribution >= 0.6 is 11.3 Å². The number of nitrogens with zero attached hydrogens (tertiary/aromatic N) is 1. The monoisotopic (exact) mass is 225 g/mol. The summed E-state index contributed by atoms with van der Waals surface area (Å²) in [7, 11) is 1.27. The number of esters is 1. The summed E-state index contributed by atoms with van der Waals surface area (Å²) in [4.78, 5) is 23.4. The summed E-state index contributed by atoms with van der Waals surface area (Å²) in [6.07, 6.45) is 0. The molecular weight excluding hydrogens is 216 g/mol. The van der Waals surface area contributed by atoms with Crippen molar-refractivity contribution in [2.24, 2.45) is 0 Å². The van der Waals surface area contributed by atoms with Crippen LogP contribution in [0, 0.1) is 6.92 Å². The van der Waals surface area contributed by atoms with Gasteiger partial charge in [-0.3, -0.25) is 4.79 Å². The number of ether oxygens (including phenoxy) is 1. The van der Waals surface area contributed by atoms with Crippen LogP contribution in [0.2, 0.25) is 0 Å². The number of fused-ring (bicyclic) bond motifs is 1. The number of hydrogen-bond acceptors (Lipinski definition) is 4. The standard InChI is InChI=1S/C9H8N2O3S/c1-5-4-15-8-7(12)3-6(9(13)14-2)10-11(5)8/h3-4H,1-2H3/p+1. The van der Waals surface area contributed by atoms with E-state index in [0.717, 1.165) is 5.69 Å². The number of nitrogens with one attached hydrogen (secondary N) is 1. The zero-order chi connectivity index (χ0) is 11.0. The smallest absolute Gasteiger partial charge is 0.360 e. The molecule has 2 aromatic heterocycles. The highest BCUT2D eigenvalue weighted by atomic mass is 32.1. The third-order valence-corrected chi connectivity index (χ3v) is 3.09. The van der Waals surface area contributed by atoms with E-state index in [1.807, 2.05) is 12.3 Å². The SMILES string of the molecule is COC(=O)c1cc(=O)c2scc(C)[n+]2[nH]1. The van der Waals surface area contributed by atoms with Crippen LogP contribution in [0.4, 0.5) is 0 Å². The van der Waals surface area contributed by atoms with Gasteiger partial charge in [0, 0.05) is 13.0 Å². The molecule has 2 rings (SSSR count). The lowest BCUT2D eigenvalue weighted by Crippen LogP contribution is -2.34. The van der Waals surface area contributed by atoms with Crippen LogP contribution in [-0.2, 0) is 4.74 Å². The quantitative estimate of drug-likeness (QED) is 0.559. The maximum Gasteiger partial charge on any atom is 0.360 e. The van der Waals surface area contributed by atoms with Gasteiger partial charge in [-0.05, 0) is 0 Å². The number of carbonyl (C=O) groups is 1. The van der Waals surface area contributed by atoms with Crippen molar-refractivity contribution < 1.29 is 14.0 Å². The average molecular weight is 225 g/mol. The van der Waals surface area contributed by atoms with E-state index in [-0.39, 0.29) is 11.1 Å². The van der Waals surface area contributed by atoms with E-state index >= 15 is 0 Å². The van der Waals surface area contributed by atoms with Crippen molar-refractivity contribution in [2.45, 2.75) is 6.92 Å². The minimum absolute atomic E-state index is 0.154. The van der Waals surface area contributed by atoms with Crippen molar-refractivity contribution in [3.05, 3.63) is 33.1 Å². The number of rotatable bonds is 1. The van der Waals surface area contributed by atoms with Crippen LogP contribution in [-0.4, -0.2) is 18.2 Å². The molecule has 5 nitrogen and oxygen atoms in total. The van der Waals surface area contributed by atoms with Crippen molar-refractivity contribution in [3.8, 4) is 0 Å². The van der Waals surface area contributed by atoms with Gasteiger partial charge in [0.15, 0.2) is 5.69 Å². The molecule has 0 saturated carbocycles. The third-order valence-electron chi connectivity index (χ3n) is 2.02. The van der Waals surface area contributed by atoms with E-state index in [1.54, 1.807) is 4.52 Å². The number of carbonyl (C=O) groups excluding carboxylic acids is 1. The molecule has 1 N–H and O–H groups in total. The first kappa shape index (κ1) is 9.85.